The van der Waals surface area contributed by atoms with Crippen molar-refractivity contribution in [2.24, 2.45) is 0 Å². The second-order valence-corrected chi connectivity index (χ2v) is 4.96. The summed E-state index contributed by atoms with van der Waals surface area (Å²) in [5.41, 5.74) is 2.06. The fourth-order valence-corrected chi connectivity index (χ4v) is 2.51. The maximum atomic E-state index is 12.7. The van der Waals surface area contributed by atoms with Gasteiger partial charge in [-0.3, -0.25) is 9.59 Å². The molecule has 0 amide bonds. The standard InChI is InChI=1S/C18H15NO3/c1-22-17(20)12-19-11-15(14-9-5-6-10-16(14)19)18(21)13-7-3-2-4-8-13/h2-11H,12H2,1H3. The van der Waals surface area contributed by atoms with E-state index in [1.54, 1.807) is 22.9 Å². The zero-order valence-electron chi connectivity index (χ0n) is 12.2. The highest BCUT2D eigenvalue weighted by atomic mass is 16.5. The molecule has 1 heterocycles. The number of nitrogens with zero attached hydrogens (tertiary/aromatic N) is 1. The maximum absolute atomic E-state index is 12.7. The van der Waals surface area contributed by atoms with E-state index >= 15 is 0 Å². The molecule has 2 aromatic carbocycles. The molecular weight excluding hydrogens is 278 g/mol. The van der Waals surface area contributed by atoms with Crippen LogP contribution in [-0.4, -0.2) is 23.4 Å². The number of methoxy groups -OCH3 is 1. The van der Waals surface area contributed by atoms with Crippen molar-refractivity contribution in [3.05, 3.63) is 71.9 Å². The number of hydrogen-bond donors (Lipinski definition) is 0. The Kier molecular flexibility index (Phi) is 3.74. The summed E-state index contributed by atoms with van der Waals surface area (Å²) in [6.45, 7) is 0.0824. The summed E-state index contributed by atoms with van der Waals surface area (Å²) in [7, 11) is 1.35. The van der Waals surface area contributed by atoms with Crippen molar-refractivity contribution < 1.29 is 14.3 Å². The van der Waals surface area contributed by atoms with E-state index < -0.39 is 0 Å². The highest BCUT2D eigenvalue weighted by molar-refractivity contribution is 6.16. The third kappa shape index (κ3) is 2.51. The van der Waals surface area contributed by atoms with E-state index in [1.807, 2.05) is 42.5 Å². The number of aromatic nitrogens is 1. The minimum absolute atomic E-state index is 0.0552. The van der Waals surface area contributed by atoms with Crippen LogP contribution in [0, 0.1) is 0 Å². The number of carbonyl (C=O) groups excluding carboxylic acids is 2. The first kappa shape index (κ1) is 14.1. The van der Waals surface area contributed by atoms with Gasteiger partial charge in [-0.15, -0.1) is 0 Å². The SMILES string of the molecule is COC(=O)Cn1cc(C(=O)c2ccccc2)c2ccccc21. The second kappa shape index (κ2) is 5.85. The van der Waals surface area contributed by atoms with Gasteiger partial charge in [0, 0.05) is 28.2 Å². The van der Waals surface area contributed by atoms with Crippen molar-refractivity contribution in [3.63, 3.8) is 0 Å². The van der Waals surface area contributed by atoms with Crippen LogP contribution >= 0.6 is 0 Å². The minimum atomic E-state index is -0.348. The average Bonchev–Trinajstić information content (AvgIpc) is 2.93. The zero-order chi connectivity index (χ0) is 15.5. The lowest BCUT2D eigenvalue weighted by atomic mass is 10.0. The van der Waals surface area contributed by atoms with Crippen LogP contribution in [0.3, 0.4) is 0 Å². The summed E-state index contributed by atoms with van der Waals surface area (Å²) < 4.78 is 6.46. The molecule has 0 atom stereocenters. The van der Waals surface area contributed by atoms with Gasteiger partial charge in [-0.1, -0.05) is 48.5 Å². The van der Waals surface area contributed by atoms with Crippen LogP contribution in [0.1, 0.15) is 15.9 Å². The lowest BCUT2D eigenvalue weighted by Crippen LogP contribution is -2.10. The number of hydrogen-bond acceptors (Lipinski definition) is 3. The van der Waals surface area contributed by atoms with E-state index in [2.05, 4.69) is 0 Å². The molecule has 0 spiro atoms. The molecule has 0 aliphatic carbocycles. The fraction of sp³-hybridized carbons (Fsp3) is 0.111. The predicted molar refractivity (Wildman–Crippen MR) is 83.8 cm³/mol. The van der Waals surface area contributed by atoms with Crippen molar-refractivity contribution in [3.8, 4) is 0 Å². The Morgan fingerprint density at radius 1 is 1.00 bits per heavy atom. The van der Waals surface area contributed by atoms with E-state index in [1.165, 1.54) is 7.11 Å². The highest BCUT2D eigenvalue weighted by Gasteiger charge is 2.17. The Hall–Kier alpha value is -2.88. The van der Waals surface area contributed by atoms with Gasteiger partial charge < -0.3 is 9.30 Å². The Morgan fingerprint density at radius 3 is 2.41 bits per heavy atom. The van der Waals surface area contributed by atoms with Crippen molar-refractivity contribution in [2.45, 2.75) is 6.54 Å². The average molecular weight is 293 g/mol. The van der Waals surface area contributed by atoms with E-state index in [9.17, 15) is 9.59 Å². The first-order valence-electron chi connectivity index (χ1n) is 6.95. The first-order valence-corrected chi connectivity index (χ1v) is 6.95. The van der Waals surface area contributed by atoms with Crippen molar-refractivity contribution in [1.29, 1.82) is 0 Å². The number of ketones is 1. The van der Waals surface area contributed by atoms with E-state index in [4.69, 9.17) is 4.74 Å². The van der Waals surface area contributed by atoms with Gasteiger partial charge in [-0.25, -0.2) is 0 Å². The molecular formula is C18H15NO3. The Bertz CT molecular complexity index is 834. The predicted octanol–water partition coefficient (Wildman–Crippen LogP) is 3.05. The third-order valence-electron chi connectivity index (χ3n) is 3.60. The molecule has 110 valence electrons. The summed E-state index contributed by atoms with van der Waals surface area (Å²) in [5.74, 6) is -0.403. The molecule has 0 N–H and O–H groups in total. The van der Waals surface area contributed by atoms with Gasteiger partial charge in [0.15, 0.2) is 5.78 Å². The second-order valence-electron chi connectivity index (χ2n) is 4.96. The highest BCUT2D eigenvalue weighted by Crippen LogP contribution is 2.24. The van der Waals surface area contributed by atoms with Crippen molar-refractivity contribution >= 4 is 22.7 Å². The van der Waals surface area contributed by atoms with Gasteiger partial charge in [0.25, 0.3) is 0 Å². The van der Waals surface area contributed by atoms with Gasteiger partial charge in [-0.2, -0.15) is 0 Å². The largest absolute Gasteiger partial charge is 0.468 e. The molecule has 0 fully saturated rings. The third-order valence-corrected chi connectivity index (χ3v) is 3.60. The molecule has 0 aliphatic rings. The molecule has 3 aromatic rings. The van der Waals surface area contributed by atoms with Crippen LogP contribution in [0.15, 0.2) is 60.8 Å². The molecule has 1 aromatic heterocycles. The number of esters is 1. The molecule has 0 bridgehead atoms. The Balaban J connectivity index is 2.10. The number of benzene rings is 2. The summed E-state index contributed by atoms with van der Waals surface area (Å²) >= 11 is 0. The van der Waals surface area contributed by atoms with E-state index in [-0.39, 0.29) is 18.3 Å². The van der Waals surface area contributed by atoms with Gasteiger partial charge in [0.2, 0.25) is 0 Å². The molecule has 22 heavy (non-hydrogen) atoms. The molecule has 0 aliphatic heterocycles. The summed E-state index contributed by atoms with van der Waals surface area (Å²) in [4.78, 5) is 24.2. The monoisotopic (exact) mass is 293 g/mol. The fourth-order valence-electron chi connectivity index (χ4n) is 2.51. The molecule has 0 unspecified atom stereocenters. The summed E-state index contributed by atoms with van der Waals surface area (Å²) in [6.07, 6.45) is 1.72. The number of rotatable bonds is 4. The van der Waals surface area contributed by atoms with Gasteiger partial charge in [0.05, 0.1) is 7.11 Å². The van der Waals surface area contributed by atoms with Crippen molar-refractivity contribution in [1.82, 2.24) is 4.57 Å². The normalized spacial score (nSPS) is 10.6. The van der Waals surface area contributed by atoms with Gasteiger partial charge in [-0.05, 0) is 6.07 Å². The summed E-state index contributed by atoms with van der Waals surface area (Å²) in [5, 5.41) is 0.834. The molecule has 0 saturated carbocycles. The number of carbonyl (C=O) groups is 2. The number of para-hydroxylation sites is 1. The van der Waals surface area contributed by atoms with E-state index in [0.717, 1.165) is 10.9 Å². The Morgan fingerprint density at radius 2 is 1.68 bits per heavy atom. The molecule has 4 heteroatoms. The number of fused-ring (bicyclic) bond motifs is 1. The Labute approximate surface area is 127 Å². The van der Waals surface area contributed by atoms with Gasteiger partial charge >= 0.3 is 5.97 Å². The lowest BCUT2D eigenvalue weighted by Gasteiger charge is -2.02. The van der Waals surface area contributed by atoms with Gasteiger partial charge in [0.1, 0.15) is 6.54 Å². The first-order chi connectivity index (χ1) is 10.7. The minimum Gasteiger partial charge on any atom is -0.468 e. The van der Waals surface area contributed by atoms with Crippen LogP contribution in [0.5, 0.6) is 0 Å². The maximum Gasteiger partial charge on any atom is 0.325 e. The molecule has 4 nitrogen and oxygen atoms in total. The zero-order valence-corrected chi connectivity index (χ0v) is 12.2. The van der Waals surface area contributed by atoms with Crippen molar-refractivity contribution in [2.75, 3.05) is 7.11 Å². The van der Waals surface area contributed by atoms with E-state index in [0.29, 0.717) is 11.1 Å². The molecule has 0 saturated heterocycles. The summed E-state index contributed by atoms with van der Waals surface area (Å²) in [6, 6.07) is 16.7. The topological polar surface area (TPSA) is 48.3 Å². The number of ether oxygens (including phenoxy) is 1. The lowest BCUT2D eigenvalue weighted by molar-refractivity contribution is -0.141. The van der Waals surface area contributed by atoms with Crippen LogP contribution in [-0.2, 0) is 16.1 Å². The van der Waals surface area contributed by atoms with Crippen LogP contribution in [0.2, 0.25) is 0 Å². The van der Waals surface area contributed by atoms with Crippen LogP contribution in [0.4, 0.5) is 0 Å². The smallest absolute Gasteiger partial charge is 0.325 e. The molecule has 0 radical (unpaired) electrons. The van der Waals surface area contributed by atoms with Crippen LogP contribution < -0.4 is 0 Å². The van der Waals surface area contributed by atoms with Crippen LogP contribution in [0.25, 0.3) is 10.9 Å². The quantitative estimate of drug-likeness (QED) is 0.548. The molecule has 3 rings (SSSR count).